The van der Waals surface area contributed by atoms with Crippen molar-refractivity contribution in [1.29, 1.82) is 0 Å². The molecule has 1 atom stereocenters. The van der Waals surface area contributed by atoms with Crippen LogP contribution in [0.1, 0.15) is 23.9 Å². The molecule has 1 aromatic heterocycles. The number of nitrogens with zero attached hydrogens (tertiary/aromatic N) is 2. The fraction of sp³-hybridized carbons (Fsp3) is 0.667. The van der Waals surface area contributed by atoms with E-state index in [2.05, 4.69) is 10.4 Å². The van der Waals surface area contributed by atoms with Gasteiger partial charge in [-0.15, -0.1) is 0 Å². The fourth-order valence-electron chi connectivity index (χ4n) is 1.77. The van der Waals surface area contributed by atoms with Crippen molar-refractivity contribution >= 4 is 0 Å². The van der Waals surface area contributed by atoms with E-state index in [1.807, 2.05) is 0 Å². The van der Waals surface area contributed by atoms with Crippen LogP contribution in [0.2, 0.25) is 0 Å². The average Bonchev–Trinajstić information content (AvgIpc) is 2.49. The molecule has 76 valence electrons. The third-order valence-corrected chi connectivity index (χ3v) is 2.98. The molecule has 1 aliphatic heterocycles. The van der Waals surface area contributed by atoms with Crippen LogP contribution in [-0.4, -0.2) is 28.8 Å². The maximum Gasteiger partial charge on any atom is 0.256 e. The molecule has 0 aromatic carbocycles. The van der Waals surface area contributed by atoms with Crippen LogP contribution in [0.5, 0.6) is 0 Å². The summed E-state index contributed by atoms with van der Waals surface area (Å²) in [6, 6.07) is 0.358. The Morgan fingerprint density at radius 2 is 2.21 bits per heavy atom. The van der Waals surface area contributed by atoms with Crippen molar-refractivity contribution in [3.8, 4) is 0 Å². The molecule has 2 aliphatic rings. The Labute approximate surface area is 80.1 Å². The molecule has 2 heterocycles. The molecule has 1 unspecified atom stereocenters. The van der Waals surface area contributed by atoms with E-state index in [-0.39, 0.29) is 6.42 Å². The number of aromatic nitrogens is 2. The number of hydrogen-bond donors (Lipinski definition) is 1. The second-order valence-corrected chi connectivity index (χ2v) is 4.08. The van der Waals surface area contributed by atoms with Crippen LogP contribution in [0.15, 0.2) is 12.4 Å². The second-order valence-electron chi connectivity index (χ2n) is 4.08. The van der Waals surface area contributed by atoms with E-state index < -0.39 is 11.8 Å². The number of alkyl halides is 2. The number of halogens is 2. The van der Waals surface area contributed by atoms with Gasteiger partial charge < -0.3 is 5.32 Å². The van der Waals surface area contributed by atoms with Gasteiger partial charge in [-0.25, -0.2) is 8.78 Å². The maximum atomic E-state index is 12.7. The summed E-state index contributed by atoms with van der Waals surface area (Å²) in [4.78, 5) is 0. The first-order valence-electron chi connectivity index (χ1n) is 4.79. The van der Waals surface area contributed by atoms with Crippen LogP contribution in [0.3, 0.4) is 0 Å². The zero-order valence-corrected chi connectivity index (χ0v) is 7.58. The molecule has 0 radical (unpaired) electrons. The Kier molecular flexibility index (Phi) is 1.51. The molecular formula is C9H11F2N3. The Balaban J connectivity index is 1.77. The summed E-state index contributed by atoms with van der Waals surface area (Å²) in [5.74, 6) is -3.06. The average molecular weight is 199 g/mol. The van der Waals surface area contributed by atoms with Crippen LogP contribution < -0.4 is 5.32 Å². The van der Waals surface area contributed by atoms with Crippen LogP contribution >= 0.6 is 0 Å². The number of hydrogen-bond acceptors (Lipinski definition) is 2. The minimum absolute atomic E-state index is 0.0123. The summed E-state index contributed by atoms with van der Waals surface area (Å²) in [6.07, 6.45) is 3.32. The van der Waals surface area contributed by atoms with Gasteiger partial charge in [0.05, 0.1) is 18.2 Å². The highest BCUT2D eigenvalue weighted by Gasteiger charge is 2.58. The zero-order chi connectivity index (χ0) is 9.76. The summed E-state index contributed by atoms with van der Waals surface area (Å²) in [5.41, 5.74) is 0.682. The largest absolute Gasteiger partial charge is 0.312 e. The fourth-order valence-corrected chi connectivity index (χ4v) is 1.77. The zero-order valence-electron chi connectivity index (χ0n) is 7.58. The highest BCUT2D eigenvalue weighted by atomic mass is 19.3. The van der Waals surface area contributed by atoms with E-state index in [1.54, 1.807) is 17.1 Å². The third kappa shape index (κ3) is 1.15. The number of nitrogens with one attached hydrogen (secondary N) is 1. The molecule has 2 fully saturated rings. The molecule has 1 saturated heterocycles. The molecule has 3 nitrogen and oxygen atoms in total. The third-order valence-electron chi connectivity index (χ3n) is 2.98. The van der Waals surface area contributed by atoms with Crippen LogP contribution in [0.25, 0.3) is 0 Å². The van der Waals surface area contributed by atoms with E-state index in [1.165, 1.54) is 0 Å². The van der Waals surface area contributed by atoms with Gasteiger partial charge in [-0.2, -0.15) is 5.10 Å². The summed E-state index contributed by atoms with van der Waals surface area (Å²) in [7, 11) is 0. The van der Waals surface area contributed by atoms with Crippen molar-refractivity contribution in [2.75, 3.05) is 13.1 Å². The van der Waals surface area contributed by atoms with E-state index in [0.29, 0.717) is 11.6 Å². The smallest absolute Gasteiger partial charge is 0.256 e. The molecule has 0 bridgehead atoms. The van der Waals surface area contributed by atoms with Gasteiger partial charge in [-0.05, 0) is 5.56 Å². The topological polar surface area (TPSA) is 29.9 Å². The Bertz CT molecular complexity index is 357. The highest BCUT2D eigenvalue weighted by Crippen LogP contribution is 2.55. The first kappa shape index (κ1) is 8.35. The standard InChI is InChI=1S/C9H11F2N3/c10-9(11)1-8(9)6-2-13-14(5-6)7-3-12-4-7/h2,5,7-8,12H,1,3-4H2. The van der Waals surface area contributed by atoms with E-state index >= 15 is 0 Å². The van der Waals surface area contributed by atoms with Gasteiger partial charge in [0, 0.05) is 25.7 Å². The summed E-state index contributed by atoms with van der Waals surface area (Å²) >= 11 is 0. The first-order valence-corrected chi connectivity index (χ1v) is 4.79. The van der Waals surface area contributed by atoms with Crippen molar-refractivity contribution in [2.24, 2.45) is 0 Å². The van der Waals surface area contributed by atoms with Crippen molar-refractivity contribution in [2.45, 2.75) is 24.3 Å². The Hall–Kier alpha value is -0.970. The van der Waals surface area contributed by atoms with Gasteiger partial charge in [0.2, 0.25) is 0 Å². The summed E-state index contributed by atoms with van der Waals surface area (Å²) in [6.45, 7) is 1.78. The predicted molar refractivity (Wildman–Crippen MR) is 46.4 cm³/mol. The first-order chi connectivity index (χ1) is 6.67. The van der Waals surface area contributed by atoms with Crippen molar-refractivity contribution in [1.82, 2.24) is 15.1 Å². The minimum atomic E-state index is -2.48. The SMILES string of the molecule is FC1(F)CC1c1cnn(C2CNC2)c1. The predicted octanol–water partition coefficient (Wildman–Crippen LogP) is 1.15. The molecule has 1 aromatic rings. The van der Waals surface area contributed by atoms with Gasteiger partial charge in [0.1, 0.15) is 0 Å². The van der Waals surface area contributed by atoms with Crippen LogP contribution in [-0.2, 0) is 0 Å². The molecule has 14 heavy (non-hydrogen) atoms. The second kappa shape index (κ2) is 2.53. The van der Waals surface area contributed by atoms with Gasteiger partial charge >= 0.3 is 0 Å². The molecule has 1 saturated carbocycles. The van der Waals surface area contributed by atoms with Gasteiger partial charge in [-0.3, -0.25) is 4.68 Å². The summed E-state index contributed by atoms with van der Waals surface area (Å²) < 4.78 is 27.3. The monoisotopic (exact) mass is 199 g/mol. The molecule has 1 N–H and O–H groups in total. The van der Waals surface area contributed by atoms with E-state index in [9.17, 15) is 8.78 Å². The maximum absolute atomic E-state index is 12.7. The lowest BCUT2D eigenvalue weighted by atomic mass is 10.2. The van der Waals surface area contributed by atoms with Gasteiger partial charge in [0.25, 0.3) is 5.92 Å². The lowest BCUT2D eigenvalue weighted by molar-refractivity contribution is 0.112. The van der Waals surface area contributed by atoms with Crippen molar-refractivity contribution in [3.05, 3.63) is 18.0 Å². The molecule has 5 heteroatoms. The van der Waals surface area contributed by atoms with E-state index in [4.69, 9.17) is 0 Å². The molecule has 3 rings (SSSR count). The van der Waals surface area contributed by atoms with Gasteiger partial charge in [-0.1, -0.05) is 0 Å². The molecule has 0 spiro atoms. The normalized spacial score (nSPS) is 30.0. The lowest BCUT2D eigenvalue weighted by Gasteiger charge is -2.27. The van der Waals surface area contributed by atoms with Crippen LogP contribution in [0.4, 0.5) is 8.78 Å². The summed E-state index contributed by atoms with van der Waals surface area (Å²) in [5, 5.41) is 7.23. The Morgan fingerprint density at radius 1 is 1.50 bits per heavy atom. The molecular weight excluding hydrogens is 188 g/mol. The lowest BCUT2D eigenvalue weighted by Crippen LogP contribution is -2.43. The number of rotatable bonds is 2. The highest BCUT2D eigenvalue weighted by molar-refractivity contribution is 5.24. The quantitative estimate of drug-likeness (QED) is 0.774. The van der Waals surface area contributed by atoms with Crippen molar-refractivity contribution < 1.29 is 8.78 Å². The van der Waals surface area contributed by atoms with Crippen molar-refractivity contribution in [3.63, 3.8) is 0 Å². The molecule has 0 amide bonds. The van der Waals surface area contributed by atoms with E-state index in [0.717, 1.165) is 13.1 Å². The van der Waals surface area contributed by atoms with Crippen LogP contribution in [0, 0.1) is 0 Å². The van der Waals surface area contributed by atoms with Gasteiger partial charge in [0.15, 0.2) is 0 Å². The minimum Gasteiger partial charge on any atom is -0.312 e. The Morgan fingerprint density at radius 3 is 2.71 bits per heavy atom. The molecule has 1 aliphatic carbocycles.